The molecule has 8 heteroatoms. The highest BCUT2D eigenvalue weighted by molar-refractivity contribution is 5.80. The smallest absolute Gasteiger partial charge is 0.220 e. The molecule has 0 saturated carbocycles. The first-order valence-corrected chi connectivity index (χ1v) is 10.7. The van der Waals surface area contributed by atoms with Crippen molar-refractivity contribution < 1.29 is 4.74 Å². The summed E-state index contributed by atoms with van der Waals surface area (Å²) < 4.78 is 7.18. The van der Waals surface area contributed by atoms with Crippen LogP contribution in [0.4, 0.5) is 0 Å². The lowest BCUT2D eigenvalue weighted by molar-refractivity contribution is 0.199. The van der Waals surface area contributed by atoms with Gasteiger partial charge in [-0.3, -0.25) is 10.00 Å². The van der Waals surface area contributed by atoms with Crippen molar-refractivity contribution in [2.45, 2.75) is 32.2 Å². The van der Waals surface area contributed by atoms with Crippen LogP contribution in [0.3, 0.4) is 0 Å². The Morgan fingerprint density at radius 1 is 1.16 bits per heavy atom. The van der Waals surface area contributed by atoms with Crippen molar-refractivity contribution in [3.05, 3.63) is 53.7 Å². The number of H-pyrrole nitrogens is 1. The van der Waals surface area contributed by atoms with Crippen molar-refractivity contribution in [3.63, 3.8) is 0 Å². The number of nitrogens with zero attached hydrogens (tertiary/aromatic N) is 6. The number of benzene rings is 1. The highest BCUT2D eigenvalue weighted by Gasteiger charge is 2.24. The van der Waals surface area contributed by atoms with Crippen LogP contribution >= 0.6 is 0 Å². The van der Waals surface area contributed by atoms with Crippen molar-refractivity contribution >= 4 is 10.9 Å². The van der Waals surface area contributed by atoms with E-state index in [1.54, 1.807) is 18.0 Å². The molecule has 0 amide bonds. The number of hydrogen-bond donors (Lipinski definition) is 1. The molecule has 8 nitrogen and oxygen atoms in total. The van der Waals surface area contributed by atoms with Gasteiger partial charge in [0.1, 0.15) is 5.82 Å². The number of aromatic nitrogens is 6. The van der Waals surface area contributed by atoms with Crippen LogP contribution in [-0.2, 0) is 13.6 Å². The van der Waals surface area contributed by atoms with E-state index in [2.05, 4.69) is 45.3 Å². The summed E-state index contributed by atoms with van der Waals surface area (Å²) in [5.41, 5.74) is 5.04. The van der Waals surface area contributed by atoms with E-state index in [-0.39, 0.29) is 0 Å². The van der Waals surface area contributed by atoms with Crippen LogP contribution in [-0.4, -0.2) is 55.0 Å². The minimum Gasteiger partial charge on any atom is -0.481 e. The molecule has 1 N–H and O–H groups in total. The molecule has 160 valence electrons. The Kier molecular flexibility index (Phi) is 5.15. The summed E-state index contributed by atoms with van der Waals surface area (Å²) in [6.45, 7) is 4.89. The number of rotatable bonds is 5. The van der Waals surface area contributed by atoms with Crippen LogP contribution in [0.2, 0.25) is 0 Å². The summed E-state index contributed by atoms with van der Waals surface area (Å²) in [4.78, 5) is 12.0. The zero-order valence-electron chi connectivity index (χ0n) is 18.2. The number of aryl methyl sites for hydroxylation is 2. The first kappa shape index (κ1) is 19.7. The molecule has 4 aromatic rings. The third kappa shape index (κ3) is 3.79. The Bertz CT molecular complexity index is 1200. The van der Waals surface area contributed by atoms with Crippen molar-refractivity contribution in [1.82, 2.24) is 34.8 Å². The third-order valence-corrected chi connectivity index (χ3v) is 6.18. The van der Waals surface area contributed by atoms with Crippen molar-refractivity contribution in [2.75, 3.05) is 20.2 Å². The maximum atomic E-state index is 5.46. The lowest BCUT2D eigenvalue weighted by atomic mass is 9.93. The molecule has 0 spiro atoms. The van der Waals surface area contributed by atoms with E-state index in [0.29, 0.717) is 5.92 Å². The van der Waals surface area contributed by atoms with Crippen LogP contribution in [0.25, 0.3) is 22.2 Å². The van der Waals surface area contributed by atoms with E-state index in [0.717, 1.165) is 72.0 Å². The number of aromatic amines is 1. The zero-order chi connectivity index (χ0) is 21.4. The largest absolute Gasteiger partial charge is 0.481 e. The molecule has 0 unspecified atom stereocenters. The molecule has 5 rings (SSSR count). The summed E-state index contributed by atoms with van der Waals surface area (Å²) in [6.07, 6.45) is 3.96. The van der Waals surface area contributed by atoms with Crippen molar-refractivity contribution in [2.24, 2.45) is 7.05 Å². The van der Waals surface area contributed by atoms with E-state index in [9.17, 15) is 0 Å². The van der Waals surface area contributed by atoms with Crippen LogP contribution in [0.5, 0.6) is 5.88 Å². The summed E-state index contributed by atoms with van der Waals surface area (Å²) in [5, 5.41) is 13.2. The first-order chi connectivity index (χ1) is 15.1. The SMILES string of the molecule is COc1c(-c2cc(C3CCN(Cc4nc(C)c5ccccc5n4)CC3)[nH]n2)cnn1C. The molecule has 0 atom stereocenters. The van der Waals surface area contributed by atoms with E-state index < -0.39 is 0 Å². The fourth-order valence-electron chi connectivity index (χ4n) is 4.50. The van der Waals surface area contributed by atoms with Gasteiger partial charge in [0.15, 0.2) is 0 Å². The molecule has 1 aromatic carbocycles. The molecule has 1 aliphatic rings. The standard InChI is InChI=1S/C23H27N7O/c1-15-17-6-4-5-7-19(17)26-22(25-15)14-30-10-8-16(9-11-30)20-12-21(28-27-20)18-13-24-29(2)23(18)31-3/h4-7,12-13,16H,8-11,14H2,1-3H3,(H,27,28). The second-order valence-corrected chi connectivity index (χ2v) is 8.19. The van der Waals surface area contributed by atoms with E-state index in [1.807, 2.05) is 19.2 Å². The second-order valence-electron chi connectivity index (χ2n) is 8.19. The molecule has 31 heavy (non-hydrogen) atoms. The van der Waals surface area contributed by atoms with E-state index >= 15 is 0 Å². The maximum Gasteiger partial charge on any atom is 0.220 e. The molecule has 0 bridgehead atoms. The summed E-state index contributed by atoms with van der Waals surface area (Å²) in [5.74, 6) is 2.10. The fourth-order valence-corrected chi connectivity index (χ4v) is 4.50. The van der Waals surface area contributed by atoms with Gasteiger partial charge in [-0.1, -0.05) is 18.2 Å². The van der Waals surface area contributed by atoms with Gasteiger partial charge >= 0.3 is 0 Å². The zero-order valence-corrected chi connectivity index (χ0v) is 18.2. The molecule has 1 fully saturated rings. The summed E-state index contributed by atoms with van der Waals surface area (Å²) in [7, 11) is 3.52. The highest BCUT2D eigenvalue weighted by Crippen LogP contribution is 2.32. The normalized spacial score (nSPS) is 15.6. The molecule has 1 saturated heterocycles. The van der Waals surface area contributed by atoms with Gasteiger partial charge in [-0.15, -0.1) is 0 Å². The number of para-hydroxylation sites is 1. The molecule has 0 radical (unpaired) electrons. The maximum absolute atomic E-state index is 5.46. The topological polar surface area (TPSA) is 84.8 Å². The van der Waals surface area contributed by atoms with Crippen LogP contribution in [0.15, 0.2) is 36.5 Å². The van der Waals surface area contributed by atoms with Gasteiger partial charge in [-0.05, 0) is 45.0 Å². The number of hydrogen-bond acceptors (Lipinski definition) is 6. The molecular formula is C23H27N7O. The van der Waals surface area contributed by atoms with Gasteiger partial charge in [0.25, 0.3) is 0 Å². The quantitative estimate of drug-likeness (QED) is 0.535. The molecular weight excluding hydrogens is 390 g/mol. The second kappa shape index (κ2) is 8.11. The van der Waals surface area contributed by atoms with Gasteiger partial charge in [0.05, 0.1) is 36.6 Å². The lowest BCUT2D eigenvalue weighted by Crippen LogP contribution is -2.33. The van der Waals surface area contributed by atoms with E-state index in [1.165, 1.54) is 5.69 Å². The fraction of sp³-hybridized carbons (Fsp3) is 0.391. The minimum atomic E-state index is 0.472. The van der Waals surface area contributed by atoms with Gasteiger partial charge in [-0.25, -0.2) is 14.6 Å². The highest BCUT2D eigenvalue weighted by atomic mass is 16.5. The third-order valence-electron chi connectivity index (χ3n) is 6.18. The Morgan fingerprint density at radius 3 is 2.77 bits per heavy atom. The molecule has 4 heterocycles. The Morgan fingerprint density at radius 2 is 1.97 bits per heavy atom. The first-order valence-electron chi connectivity index (χ1n) is 10.7. The van der Waals surface area contributed by atoms with Crippen LogP contribution in [0.1, 0.15) is 36.0 Å². The van der Waals surface area contributed by atoms with Gasteiger partial charge in [-0.2, -0.15) is 10.2 Å². The summed E-state index contributed by atoms with van der Waals surface area (Å²) >= 11 is 0. The van der Waals surface area contributed by atoms with Crippen molar-refractivity contribution in [3.8, 4) is 17.1 Å². The Labute approximate surface area is 181 Å². The average Bonchev–Trinajstić information content (AvgIpc) is 3.41. The predicted octanol–water partition coefficient (Wildman–Crippen LogP) is 3.45. The lowest BCUT2D eigenvalue weighted by Gasteiger charge is -2.30. The number of likely N-dealkylation sites (tertiary alicyclic amines) is 1. The average molecular weight is 418 g/mol. The van der Waals surface area contributed by atoms with Gasteiger partial charge in [0, 0.05) is 29.7 Å². The van der Waals surface area contributed by atoms with Gasteiger partial charge in [0.2, 0.25) is 5.88 Å². The molecule has 3 aromatic heterocycles. The Hall–Kier alpha value is -3.26. The predicted molar refractivity (Wildman–Crippen MR) is 119 cm³/mol. The number of nitrogens with one attached hydrogen (secondary N) is 1. The van der Waals surface area contributed by atoms with Crippen LogP contribution in [0, 0.1) is 6.92 Å². The number of ether oxygens (including phenoxy) is 1. The van der Waals surface area contributed by atoms with Crippen molar-refractivity contribution in [1.29, 1.82) is 0 Å². The molecule has 1 aliphatic heterocycles. The minimum absolute atomic E-state index is 0.472. The Balaban J connectivity index is 1.24. The van der Waals surface area contributed by atoms with E-state index in [4.69, 9.17) is 14.7 Å². The van der Waals surface area contributed by atoms with Gasteiger partial charge < -0.3 is 4.74 Å². The molecule has 0 aliphatic carbocycles. The summed E-state index contributed by atoms with van der Waals surface area (Å²) in [6, 6.07) is 10.3. The number of fused-ring (bicyclic) bond motifs is 1. The monoisotopic (exact) mass is 417 g/mol. The number of methoxy groups -OCH3 is 1. The van der Waals surface area contributed by atoms with Crippen LogP contribution < -0.4 is 4.74 Å². The number of piperidine rings is 1.